The lowest BCUT2D eigenvalue weighted by atomic mass is 10.1. The molecule has 1 aliphatic heterocycles. The molecule has 0 radical (unpaired) electrons. The maximum absolute atomic E-state index is 13.0. The molecular formula is C21H26N2O5S. The van der Waals surface area contributed by atoms with Gasteiger partial charge in [0, 0.05) is 18.8 Å². The van der Waals surface area contributed by atoms with Crippen LogP contribution in [0, 0.1) is 0 Å². The Morgan fingerprint density at radius 3 is 2.38 bits per heavy atom. The quantitative estimate of drug-likeness (QED) is 0.747. The number of nitrogens with one attached hydrogen (secondary N) is 1. The number of carbonyl (C=O) groups excluding carboxylic acids is 1. The van der Waals surface area contributed by atoms with Crippen LogP contribution < -0.4 is 10.1 Å². The summed E-state index contributed by atoms with van der Waals surface area (Å²) < 4.78 is 38.0. The number of sulfonamides is 1. The van der Waals surface area contributed by atoms with Gasteiger partial charge in [0.05, 0.1) is 26.7 Å². The SMILES string of the molecule is CCc1ccc(NC(=O)Cc2ccc(OC)c(S(=O)(=O)N3CCOCC3)c2)cc1. The fourth-order valence-corrected chi connectivity index (χ4v) is 4.79. The van der Waals surface area contributed by atoms with Crippen LogP contribution in [0.5, 0.6) is 5.75 Å². The van der Waals surface area contributed by atoms with Crippen molar-refractivity contribution >= 4 is 21.6 Å². The molecule has 1 aliphatic rings. The highest BCUT2D eigenvalue weighted by atomic mass is 32.2. The zero-order valence-corrected chi connectivity index (χ0v) is 17.5. The van der Waals surface area contributed by atoms with Gasteiger partial charge in [0.2, 0.25) is 15.9 Å². The van der Waals surface area contributed by atoms with E-state index in [9.17, 15) is 13.2 Å². The van der Waals surface area contributed by atoms with E-state index in [4.69, 9.17) is 9.47 Å². The Morgan fingerprint density at radius 1 is 1.10 bits per heavy atom. The van der Waals surface area contributed by atoms with Gasteiger partial charge in [0.25, 0.3) is 0 Å². The molecule has 8 heteroatoms. The number of methoxy groups -OCH3 is 1. The van der Waals surface area contributed by atoms with Crippen LogP contribution in [0.4, 0.5) is 5.69 Å². The van der Waals surface area contributed by atoms with Crippen LogP contribution in [0.1, 0.15) is 18.1 Å². The van der Waals surface area contributed by atoms with Crippen LogP contribution in [0.3, 0.4) is 0 Å². The molecule has 7 nitrogen and oxygen atoms in total. The number of rotatable bonds is 7. The molecule has 1 heterocycles. The highest BCUT2D eigenvalue weighted by molar-refractivity contribution is 7.89. The second-order valence-electron chi connectivity index (χ2n) is 6.78. The van der Waals surface area contributed by atoms with Crippen LogP contribution in [0.2, 0.25) is 0 Å². The average Bonchev–Trinajstić information content (AvgIpc) is 2.74. The molecule has 3 rings (SSSR count). The first-order chi connectivity index (χ1) is 13.9. The number of aryl methyl sites for hydroxylation is 1. The first kappa shape index (κ1) is 21.3. The van der Waals surface area contributed by atoms with E-state index in [-0.39, 0.29) is 23.0 Å². The highest BCUT2D eigenvalue weighted by Crippen LogP contribution is 2.28. The summed E-state index contributed by atoms with van der Waals surface area (Å²) in [5.41, 5.74) is 2.50. The van der Waals surface area contributed by atoms with E-state index in [1.165, 1.54) is 23.0 Å². The molecule has 0 saturated carbocycles. The number of anilines is 1. The molecule has 0 atom stereocenters. The average molecular weight is 419 g/mol. The van der Waals surface area contributed by atoms with Crippen molar-refractivity contribution < 1.29 is 22.7 Å². The van der Waals surface area contributed by atoms with Crippen molar-refractivity contribution in [3.05, 3.63) is 53.6 Å². The summed E-state index contributed by atoms with van der Waals surface area (Å²) in [6.45, 7) is 3.38. The number of carbonyl (C=O) groups is 1. The minimum Gasteiger partial charge on any atom is -0.495 e. The molecule has 0 aromatic heterocycles. The third-order valence-electron chi connectivity index (χ3n) is 4.83. The van der Waals surface area contributed by atoms with Gasteiger partial charge in [-0.05, 0) is 41.8 Å². The van der Waals surface area contributed by atoms with Gasteiger partial charge in [-0.25, -0.2) is 8.42 Å². The summed E-state index contributed by atoms with van der Waals surface area (Å²) in [5.74, 6) is 0.0462. The lowest BCUT2D eigenvalue weighted by Crippen LogP contribution is -2.40. The molecule has 0 bridgehead atoms. The van der Waals surface area contributed by atoms with Crippen molar-refractivity contribution in [3.63, 3.8) is 0 Å². The van der Waals surface area contributed by atoms with E-state index in [1.54, 1.807) is 12.1 Å². The number of hydrogen-bond acceptors (Lipinski definition) is 5. The van der Waals surface area contributed by atoms with Crippen LogP contribution in [-0.2, 0) is 32.4 Å². The predicted octanol–water partition coefficient (Wildman–Crippen LogP) is 2.46. The van der Waals surface area contributed by atoms with Crippen molar-refractivity contribution in [2.45, 2.75) is 24.7 Å². The van der Waals surface area contributed by atoms with E-state index in [0.29, 0.717) is 37.6 Å². The van der Waals surface area contributed by atoms with Crippen molar-refractivity contribution in [1.82, 2.24) is 4.31 Å². The van der Waals surface area contributed by atoms with Crippen molar-refractivity contribution in [2.24, 2.45) is 0 Å². The molecule has 2 aromatic rings. The van der Waals surface area contributed by atoms with Gasteiger partial charge < -0.3 is 14.8 Å². The van der Waals surface area contributed by atoms with Gasteiger partial charge in [-0.15, -0.1) is 0 Å². The number of nitrogens with zero attached hydrogens (tertiary/aromatic N) is 1. The maximum Gasteiger partial charge on any atom is 0.246 e. The van der Waals surface area contributed by atoms with Crippen molar-refractivity contribution in [1.29, 1.82) is 0 Å². The summed E-state index contributed by atoms with van der Waals surface area (Å²) in [4.78, 5) is 12.5. The second kappa shape index (κ2) is 9.39. The number of hydrogen-bond donors (Lipinski definition) is 1. The third kappa shape index (κ3) is 5.14. The fraction of sp³-hybridized carbons (Fsp3) is 0.381. The van der Waals surface area contributed by atoms with Crippen molar-refractivity contribution in [3.8, 4) is 5.75 Å². The normalized spacial score (nSPS) is 15.1. The number of morpholine rings is 1. The molecule has 1 saturated heterocycles. The molecule has 2 aromatic carbocycles. The van der Waals surface area contributed by atoms with E-state index in [2.05, 4.69) is 12.2 Å². The first-order valence-electron chi connectivity index (χ1n) is 9.57. The molecule has 1 N–H and O–H groups in total. The van der Waals surface area contributed by atoms with Crippen LogP contribution in [0.25, 0.3) is 0 Å². The van der Waals surface area contributed by atoms with Crippen LogP contribution >= 0.6 is 0 Å². The molecule has 156 valence electrons. The number of ether oxygens (including phenoxy) is 2. The minimum absolute atomic E-state index is 0.0607. The minimum atomic E-state index is -3.73. The Bertz CT molecular complexity index is 952. The number of amides is 1. The fourth-order valence-electron chi connectivity index (χ4n) is 3.17. The lowest BCUT2D eigenvalue weighted by molar-refractivity contribution is -0.115. The molecule has 1 fully saturated rings. The molecule has 0 unspecified atom stereocenters. The number of benzene rings is 2. The summed E-state index contributed by atoms with van der Waals surface area (Å²) in [7, 11) is -2.30. The third-order valence-corrected chi connectivity index (χ3v) is 6.75. The van der Waals surface area contributed by atoms with Gasteiger partial charge in [-0.1, -0.05) is 25.1 Å². The Hall–Kier alpha value is -2.42. The maximum atomic E-state index is 13.0. The van der Waals surface area contributed by atoms with Gasteiger partial charge >= 0.3 is 0 Å². The zero-order valence-electron chi connectivity index (χ0n) is 16.7. The smallest absolute Gasteiger partial charge is 0.246 e. The van der Waals surface area contributed by atoms with Gasteiger partial charge in [-0.2, -0.15) is 4.31 Å². The zero-order chi connectivity index (χ0) is 20.9. The summed E-state index contributed by atoms with van der Waals surface area (Å²) in [6.07, 6.45) is 0.992. The lowest BCUT2D eigenvalue weighted by Gasteiger charge is -2.26. The van der Waals surface area contributed by atoms with Gasteiger partial charge in [0.15, 0.2) is 0 Å². The Labute approximate surface area is 171 Å². The van der Waals surface area contributed by atoms with Gasteiger partial charge in [-0.3, -0.25) is 4.79 Å². The Kier molecular flexibility index (Phi) is 6.89. The second-order valence-corrected chi connectivity index (χ2v) is 8.68. The molecule has 1 amide bonds. The van der Waals surface area contributed by atoms with E-state index < -0.39 is 10.0 Å². The molecule has 0 aliphatic carbocycles. The monoisotopic (exact) mass is 418 g/mol. The van der Waals surface area contributed by atoms with E-state index >= 15 is 0 Å². The largest absolute Gasteiger partial charge is 0.495 e. The summed E-state index contributed by atoms with van der Waals surface area (Å²) in [5, 5.41) is 2.85. The van der Waals surface area contributed by atoms with Crippen LogP contribution in [0.15, 0.2) is 47.4 Å². The standard InChI is InChI=1S/C21H26N2O5S/c1-3-16-4-7-18(8-5-16)22-21(24)15-17-6-9-19(27-2)20(14-17)29(25,26)23-10-12-28-13-11-23/h4-9,14H,3,10-13,15H2,1-2H3,(H,22,24). The summed E-state index contributed by atoms with van der Waals surface area (Å²) in [6, 6.07) is 12.5. The summed E-state index contributed by atoms with van der Waals surface area (Å²) >= 11 is 0. The molecule has 29 heavy (non-hydrogen) atoms. The van der Waals surface area contributed by atoms with E-state index in [0.717, 1.165) is 6.42 Å². The Morgan fingerprint density at radius 2 is 1.76 bits per heavy atom. The molecular weight excluding hydrogens is 392 g/mol. The molecule has 0 spiro atoms. The highest BCUT2D eigenvalue weighted by Gasteiger charge is 2.29. The first-order valence-corrected chi connectivity index (χ1v) is 11.0. The Balaban J connectivity index is 1.77. The van der Waals surface area contributed by atoms with E-state index in [1.807, 2.05) is 24.3 Å². The topological polar surface area (TPSA) is 84.9 Å². The van der Waals surface area contributed by atoms with Gasteiger partial charge in [0.1, 0.15) is 10.6 Å². The predicted molar refractivity (Wildman–Crippen MR) is 111 cm³/mol. The van der Waals surface area contributed by atoms with Crippen LogP contribution in [-0.4, -0.2) is 52.0 Å². The van der Waals surface area contributed by atoms with Crippen molar-refractivity contribution in [2.75, 3.05) is 38.7 Å².